The first-order valence-corrected chi connectivity index (χ1v) is 7.22. The highest BCUT2D eigenvalue weighted by Gasteiger charge is 2.30. The second kappa shape index (κ2) is 4.56. The van der Waals surface area contributed by atoms with Gasteiger partial charge in [0.1, 0.15) is 5.82 Å². The zero-order chi connectivity index (χ0) is 15.4. The second-order valence-electron chi connectivity index (χ2n) is 5.76. The summed E-state index contributed by atoms with van der Waals surface area (Å²) in [7, 11) is 0. The Kier molecular flexibility index (Phi) is 2.76. The highest BCUT2D eigenvalue weighted by molar-refractivity contribution is 5.81. The van der Waals surface area contributed by atoms with Gasteiger partial charge >= 0.3 is 0 Å². The molecular weight excluding hydrogens is 286 g/mol. The van der Waals surface area contributed by atoms with Crippen molar-refractivity contribution in [1.82, 2.24) is 19.7 Å². The van der Waals surface area contributed by atoms with E-state index in [1.54, 1.807) is 6.20 Å². The van der Waals surface area contributed by atoms with E-state index in [0.717, 1.165) is 35.7 Å². The minimum atomic E-state index is -0.875. The number of benzene rings is 1. The van der Waals surface area contributed by atoms with Crippen molar-refractivity contribution in [2.24, 2.45) is 0 Å². The van der Waals surface area contributed by atoms with E-state index < -0.39 is 11.6 Å². The zero-order valence-electron chi connectivity index (χ0n) is 12.3. The topological polar surface area (TPSA) is 43.6 Å². The number of hydrogen-bond acceptors (Lipinski definition) is 3. The molecule has 3 aromatic rings. The zero-order valence-corrected chi connectivity index (χ0v) is 12.3. The lowest BCUT2D eigenvalue weighted by molar-refractivity contribution is 0.510. The van der Waals surface area contributed by atoms with Gasteiger partial charge in [0, 0.05) is 23.7 Å². The van der Waals surface area contributed by atoms with Gasteiger partial charge in [-0.1, -0.05) is 0 Å². The Labute approximate surface area is 125 Å². The molecule has 0 saturated heterocycles. The quantitative estimate of drug-likeness (QED) is 0.724. The lowest BCUT2D eigenvalue weighted by atomic mass is 10.1. The Hall–Kier alpha value is -2.37. The van der Waals surface area contributed by atoms with E-state index in [4.69, 9.17) is 0 Å². The first-order valence-electron chi connectivity index (χ1n) is 7.22. The Balaban J connectivity index is 2.05. The summed E-state index contributed by atoms with van der Waals surface area (Å²) in [5.41, 5.74) is 3.76. The van der Waals surface area contributed by atoms with Crippen molar-refractivity contribution in [3.8, 4) is 11.4 Å². The van der Waals surface area contributed by atoms with Crippen LogP contribution in [0.15, 0.2) is 18.3 Å². The molecule has 0 bridgehead atoms. The molecule has 1 aliphatic rings. The van der Waals surface area contributed by atoms with Crippen molar-refractivity contribution < 1.29 is 8.78 Å². The molecule has 4 nitrogen and oxygen atoms in total. The van der Waals surface area contributed by atoms with Gasteiger partial charge in [0.25, 0.3) is 0 Å². The Morgan fingerprint density at radius 2 is 1.86 bits per heavy atom. The molecule has 22 heavy (non-hydrogen) atoms. The number of halogens is 2. The third-order valence-electron chi connectivity index (χ3n) is 4.23. The Bertz CT molecular complexity index is 897. The number of imidazole rings is 1. The lowest BCUT2D eigenvalue weighted by Gasteiger charge is -2.10. The number of nitrogens with zero attached hydrogens (tertiary/aromatic N) is 4. The summed E-state index contributed by atoms with van der Waals surface area (Å²) in [4.78, 5) is 4.54. The largest absolute Gasteiger partial charge is 0.321 e. The SMILES string of the molecule is Cc1nncc(-c2nc3cc(F)c(F)cc3n2C2CC2)c1C. The van der Waals surface area contributed by atoms with E-state index >= 15 is 0 Å². The number of aromatic nitrogens is 4. The van der Waals surface area contributed by atoms with Crippen molar-refractivity contribution in [2.75, 3.05) is 0 Å². The number of hydrogen-bond donors (Lipinski definition) is 0. The molecule has 0 spiro atoms. The fourth-order valence-corrected chi connectivity index (χ4v) is 2.75. The minimum Gasteiger partial charge on any atom is -0.321 e. The second-order valence-corrected chi connectivity index (χ2v) is 5.76. The molecule has 1 aromatic carbocycles. The van der Waals surface area contributed by atoms with E-state index in [1.807, 2.05) is 18.4 Å². The van der Waals surface area contributed by atoms with Gasteiger partial charge in [-0.2, -0.15) is 10.2 Å². The number of fused-ring (bicyclic) bond motifs is 1. The predicted octanol–water partition coefficient (Wildman–Crippen LogP) is 3.72. The summed E-state index contributed by atoms with van der Waals surface area (Å²) in [6.07, 6.45) is 3.71. The summed E-state index contributed by atoms with van der Waals surface area (Å²) in [6.45, 7) is 3.84. The number of rotatable bonds is 2. The molecule has 1 aliphatic carbocycles. The van der Waals surface area contributed by atoms with Gasteiger partial charge in [0.15, 0.2) is 11.6 Å². The molecule has 112 valence electrons. The summed E-state index contributed by atoms with van der Waals surface area (Å²) in [5.74, 6) is -1.01. The molecule has 0 atom stereocenters. The molecule has 0 N–H and O–H groups in total. The van der Waals surface area contributed by atoms with Gasteiger partial charge in [0.05, 0.1) is 22.9 Å². The average molecular weight is 300 g/mol. The van der Waals surface area contributed by atoms with Crippen LogP contribution < -0.4 is 0 Å². The summed E-state index contributed by atoms with van der Waals surface area (Å²) >= 11 is 0. The smallest absolute Gasteiger partial charge is 0.161 e. The van der Waals surface area contributed by atoms with Crippen LogP contribution in [-0.2, 0) is 0 Å². The molecular formula is C16H14F2N4. The average Bonchev–Trinajstić information content (AvgIpc) is 3.25. The molecule has 1 fully saturated rings. The fourth-order valence-electron chi connectivity index (χ4n) is 2.75. The van der Waals surface area contributed by atoms with Gasteiger partial charge < -0.3 is 4.57 Å². The van der Waals surface area contributed by atoms with E-state index in [-0.39, 0.29) is 6.04 Å². The van der Waals surface area contributed by atoms with Crippen molar-refractivity contribution in [2.45, 2.75) is 32.7 Å². The summed E-state index contributed by atoms with van der Waals surface area (Å²) < 4.78 is 29.1. The Morgan fingerprint density at radius 3 is 2.59 bits per heavy atom. The molecule has 1 saturated carbocycles. The Morgan fingerprint density at radius 1 is 1.14 bits per heavy atom. The molecule has 2 aromatic heterocycles. The normalized spacial score (nSPS) is 14.7. The van der Waals surface area contributed by atoms with Gasteiger partial charge in [0.2, 0.25) is 0 Å². The monoisotopic (exact) mass is 300 g/mol. The molecule has 4 rings (SSSR count). The summed E-state index contributed by atoms with van der Waals surface area (Å²) in [6, 6.07) is 2.68. The lowest BCUT2D eigenvalue weighted by Crippen LogP contribution is -2.01. The first kappa shape index (κ1) is 13.3. The minimum absolute atomic E-state index is 0.290. The van der Waals surface area contributed by atoms with Crippen LogP contribution in [0.2, 0.25) is 0 Å². The standard InChI is InChI=1S/C16H14F2N4/c1-8-9(2)21-19-7-11(8)16-20-14-5-12(17)13(18)6-15(14)22(16)10-3-4-10/h5-7,10H,3-4H2,1-2H3. The summed E-state index contributed by atoms with van der Waals surface area (Å²) in [5, 5.41) is 8.03. The van der Waals surface area contributed by atoms with Crippen LogP contribution >= 0.6 is 0 Å². The van der Waals surface area contributed by atoms with Gasteiger partial charge in [-0.15, -0.1) is 0 Å². The van der Waals surface area contributed by atoms with Crippen LogP contribution in [0.25, 0.3) is 22.4 Å². The molecule has 0 radical (unpaired) electrons. The molecule has 2 heterocycles. The molecule has 0 unspecified atom stereocenters. The van der Waals surface area contributed by atoms with E-state index in [9.17, 15) is 8.78 Å². The van der Waals surface area contributed by atoms with Crippen LogP contribution in [0.5, 0.6) is 0 Å². The van der Waals surface area contributed by atoms with Crippen molar-refractivity contribution in [3.63, 3.8) is 0 Å². The highest BCUT2D eigenvalue weighted by atomic mass is 19.2. The van der Waals surface area contributed by atoms with E-state index in [0.29, 0.717) is 16.9 Å². The fraction of sp³-hybridized carbons (Fsp3) is 0.312. The number of aryl methyl sites for hydroxylation is 1. The molecule has 6 heteroatoms. The highest BCUT2D eigenvalue weighted by Crippen LogP contribution is 2.42. The maximum atomic E-state index is 13.6. The van der Waals surface area contributed by atoms with Gasteiger partial charge in [-0.05, 0) is 32.3 Å². The maximum Gasteiger partial charge on any atom is 0.161 e. The van der Waals surface area contributed by atoms with E-state index in [2.05, 4.69) is 15.2 Å². The van der Waals surface area contributed by atoms with Crippen molar-refractivity contribution in [3.05, 3.63) is 41.2 Å². The first-order chi connectivity index (χ1) is 10.6. The van der Waals surface area contributed by atoms with Crippen LogP contribution in [-0.4, -0.2) is 19.7 Å². The van der Waals surface area contributed by atoms with Gasteiger partial charge in [-0.25, -0.2) is 13.8 Å². The third kappa shape index (κ3) is 1.90. The van der Waals surface area contributed by atoms with Crippen molar-refractivity contribution in [1.29, 1.82) is 0 Å². The van der Waals surface area contributed by atoms with Crippen molar-refractivity contribution >= 4 is 11.0 Å². The van der Waals surface area contributed by atoms with Gasteiger partial charge in [-0.3, -0.25) is 0 Å². The van der Waals surface area contributed by atoms with Crippen LogP contribution in [0.3, 0.4) is 0 Å². The molecule has 0 amide bonds. The third-order valence-corrected chi connectivity index (χ3v) is 4.23. The molecule has 0 aliphatic heterocycles. The van der Waals surface area contributed by atoms with E-state index in [1.165, 1.54) is 6.07 Å². The maximum absolute atomic E-state index is 13.6. The predicted molar refractivity (Wildman–Crippen MR) is 78.4 cm³/mol. The van der Waals surface area contributed by atoms with Crippen LogP contribution in [0.4, 0.5) is 8.78 Å². The van der Waals surface area contributed by atoms with Crippen LogP contribution in [0.1, 0.15) is 30.1 Å². The van der Waals surface area contributed by atoms with Crippen LogP contribution in [0, 0.1) is 25.5 Å².